The lowest BCUT2D eigenvalue weighted by Crippen LogP contribution is -2.24. The second-order valence-electron chi connectivity index (χ2n) is 2.27. The van der Waals surface area contributed by atoms with E-state index in [9.17, 15) is 4.79 Å². The van der Waals surface area contributed by atoms with Crippen molar-refractivity contribution in [3.05, 3.63) is 6.61 Å². The molecule has 0 saturated heterocycles. The standard InChI is InChI=1S/C7H11O3/c1-2-9-7(8)10-6-4-3-5-6/h2,6H,3-5H2,1H3. The summed E-state index contributed by atoms with van der Waals surface area (Å²) in [5, 5.41) is 0. The van der Waals surface area contributed by atoms with Gasteiger partial charge in [-0.1, -0.05) is 0 Å². The molecule has 1 aliphatic carbocycles. The van der Waals surface area contributed by atoms with Crippen LogP contribution >= 0.6 is 0 Å². The van der Waals surface area contributed by atoms with E-state index in [1.807, 2.05) is 0 Å². The van der Waals surface area contributed by atoms with Gasteiger partial charge < -0.3 is 9.47 Å². The van der Waals surface area contributed by atoms with Gasteiger partial charge in [0, 0.05) is 0 Å². The minimum absolute atomic E-state index is 0.118. The lowest BCUT2D eigenvalue weighted by molar-refractivity contribution is 0.00786. The lowest BCUT2D eigenvalue weighted by Gasteiger charge is -2.24. The molecule has 1 rings (SSSR count). The van der Waals surface area contributed by atoms with Crippen LogP contribution in [0.1, 0.15) is 26.2 Å². The molecule has 0 aromatic carbocycles. The fraction of sp³-hybridized carbons (Fsp3) is 0.714. The topological polar surface area (TPSA) is 35.5 Å². The normalized spacial score (nSPS) is 17.7. The zero-order chi connectivity index (χ0) is 7.40. The van der Waals surface area contributed by atoms with Crippen LogP contribution in [0.2, 0.25) is 0 Å². The number of hydrogen-bond donors (Lipinski definition) is 0. The van der Waals surface area contributed by atoms with E-state index in [1.165, 1.54) is 6.61 Å². The van der Waals surface area contributed by atoms with Crippen LogP contribution in [0.4, 0.5) is 4.79 Å². The van der Waals surface area contributed by atoms with Gasteiger partial charge in [-0.05, 0) is 26.2 Å². The van der Waals surface area contributed by atoms with Crippen molar-refractivity contribution < 1.29 is 14.3 Å². The molecule has 1 fully saturated rings. The SMILES string of the molecule is C[CH]OC(=O)OC1CCC1. The third-order valence-electron chi connectivity index (χ3n) is 1.53. The van der Waals surface area contributed by atoms with Crippen LogP contribution in [-0.4, -0.2) is 12.3 Å². The van der Waals surface area contributed by atoms with Crippen LogP contribution in [-0.2, 0) is 9.47 Å². The van der Waals surface area contributed by atoms with Crippen LogP contribution in [0.15, 0.2) is 0 Å². The minimum Gasteiger partial charge on any atom is -0.431 e. The van der Waals surface area contributed by atoms with Gasteiger partial charge in [-0.3, -0.25) is 0 Å². The molecule has 0 spiro atoms. The fourth-order valence-electron chi connectivity index (χ4n) is 0.749. The van der Waals surface area contributed by atoms with E-state index in [2.05, 4.69) is 4.74 Å². The highest BCUT2D eigenvalue weighted by Crippen LogP contribution is 2.22. The van der Waals surface area contributed by atoms with Gasteiger partial charge in [-0.15, -0.1) is 0 Å². The molecular weight excluding hydrogens is 132 g/mol. The average molecular weight is 143 g/mol. The van der Waals surface area contributed by atoms with Crippen molar-refractivity contribution >= 4 is 6.16 Å². The van der Waals surface area contributed by atoms with Gasteiger partial charge in [0.2, 0.25) is 0 Å². The van der Waals surface area contributed by atoms with Crippen molar-refractivity contribution in [2.24, 2.45) is 0 Å². The van der Waals surface area contributed by atoms with Crippen LogP contribution in [0.25, 0.3) is 0 Å². The molecule has 10 heavy (non-hydrogen) atoms. The van der Waals surface area contributed by atoms with Crippen molar-refractivity contribution in [1.82, 2.24) is 0 Å². The monoisotopic (exact) mass is 143 g/mol. The minimum atomic E-state index is -0.577. The first kappa shape index (κ1) is 7.38. The van der Waals surface area contributed by atoms with E-state index in [4.69, 9.17) is 4.74 Å². The molecule has 3 nitrogen and oxygen atoms in total. The van der Waals surface area contributed by atoms with Gasteiger partial charge in [0.15, 0.2) is 0 Å². The molecule has 1 radical (unpaired) electrons. The molecule has 3 heteroatoms. The predicted octanol–water partition coefficient (Wildman–Crippen LogP) is 1.87. The molecule has 0 aromatic heterocycles. The number of hydrogen-bond acceptors (Lipinski definition) is 3. The maximum absolute atomic E-state index is 10.6. The molecule has 0 N–H and O–H groups in total. The Balaban J connectivity index is 2.05. The number of carbonyl (C=O) groups excluding carboxylic acids is 1. The van der Waals surface area contributed by atoms with E-state index in [0.717, 1.165) is 19.3 Å². The van der Waals surface area contributed by atoms with Gasteiger partial charge in [-0.2, -0.15) is 0 Å². The number of ether oxygens (including phenoxy) is 2. The highest BCUT2D eigenvalue weighted by atomic mass is 16.7. The van der Waals surface area contributed by atoms with Crippen molar-refractivity contribution in [2.75, 3.05) is 0 Å². The lowest BCUT2D eigenvalue weighted by atomic mass is 9.96. The maximum atomic E-state index is 10.6. The summed E-state index contributed by atoms with van der Waals surface area (Å²) in [7, 11) is 0. The zero-order valence-electron chi connectivity index (χ0n) is 6.00. The first-order valence-electron chi connectivity index (χ1n) is 3.48. The molecule has 0 aromatic rings. The Bertz CT molecular complexity index is 118. The summed E-state index contributed by atoms with van der Waals surface area (Å²) >= 11 is 0. The third-order valence-corrected chi connectivity index (χ3v) is 1.53. The first-order valence-corrected chi connectivity index (χ1v) is 3.48. The summed E-state index contributed by atoms with van der Waals surface area (Å²) in [6.07, 6.45) is 2.67. The summed E-state index contributed by atoms with van der Waals surface area (Å²) in [6.45, 7) is 2.96. The van der Waals surface area contributed by atoms with E-state index in [0.29, 0.717) is 0 Å². The van der Waals surface area contributed by atoms with Crippen molar-refractivity contribution in [3.8, 4) is 0 Å². The fourth-order valence-corrected chi connectivity index (χ4v) is 0.749. The second kappa shape index (κ2) is 3.44. The Morgan fingerprint density at radius 1 is 1.60 bits per heavy atom. The highest BCUT2D eigenvalue weighted by Gasteiger charge is 2.21. The quantitative estimate of drug-likeness (QED) is 0.553. The van der Waals surface area contributed by atoms with Crippen molar-refractivity contribution in [3.63, 3.8) is 0 Å². The molecule has 0 atom stereocenters. The molecule has 0 heterocycles. The molecule has 0 unspecified atom stereocenters. The predicted molar refractivity (Wildman–Crippen MR) is 35.2 cm³/mol. The Kier molecular flexibility index (Phi) is 2.54. The smallest absolute Gasteiger partial charge is 0.431 e. The van der Waals surface area contributed by atoms with Gasteiger partial charge in [0.05, 0.1) is 0 Å². The van der Waals surface area contributed by atoms with Crippen LogP contribution in [0.5, 0.6) is 0 Å². The van der Waals surface area contributed by atoms with Crippen molar-refractivity contribution in [1.29, 1.82) is 0 Å². The van der Waals surface area contributed by atoms with Crippen LogP contribution < -0.4 is 0 Å². The first-order chi connectivity index (χ1) is 4.83. The van der Waals surface area contributed by atoms with E-state index < -0.39 is 6.16 Å². The Morgan fingerprint density at radius 3 is 2.70 bits per heavy atom. The molecule has 1 saturated carbocycles. The van der Waals surface area contributed by atoms with Crippen LogP contribution in [0, 0.1) is 6.61 Å². The molecule has 1 aliphatic rings. The summed E-state index contributed by atoms with van der Waals surface area (Å²) in [6, 6.07) is 0. The number of rotatable bonds is 2. The van der Waals surface area contributed by atoms with Gasteiger partial charge >= 0.3 is 6.16 Å². The second-order valence-corrected chi connectivity index (χ2v) is 2.27. The Labute approximate surface area is 60.3 Å². The van der Waals surface area contributed by atoms with Gasteiger partial charge in [0.25, 0.3) is 0 Å². The third kappa shape index (κ3) is 1.90. The van der Waals surface area contributed by atoms with E-state index >= 15 is 0 Å². The molecule has 0 bridgehead atoms. The summed E-state index contributed by atoms with van der Waals surface area (Å²) < 4.78 is 9.30. The van der Waals surface area contributed by atoms with Crippen LogP contribution in [0.3, 0.4) is 0 Å². The number of carbonyl (C=O) groups is 1. The summed E-state index contributed by atoms with van der Waals surface area (Å²) in [5.41, 5.74) is 0. The maximum Gasteiger partial charge on any atom is 0.508 e. The van der Waals surface area contributed by atoms with E-state index in [-0.39, 0.29) is 6.10 Å². The summed E-state index contributed by atoms with van der Waals surface area (Å²) in [4.78, 5) is 10.6. The Hall–Kier alpha value is -0.730. The summed E-state index contributed by atoms with van der Waals surface area (Å²) in [5.74, 6) is 0. The molecule has 0 amide bonds. The average Bonchev–Trinajstić information content (AvgIpc) is 1.80. The largest absolute Gasteiger partial charge is 0.508 e. The Morgan fingerprint density at radius 2 is 2.30 bits per heavy atom. The van der Waals surface area contributed by atoms with E-state index in [1.54, 1.807) is 6.92 Å². The molecule has 0 aliphatic heterocycles. The molecule has 57 valence electrons. The van der Waals surface area contributed by atoms with Gasteiger partial charge in [-0.25, -0.2) is 4.79 Å². The molecular formula is C7H11O3. The van der Waals surface area contributed by atoms with Crippen molar-refractivity contribution in [2.45, 2.75) is 32.3 Å². The highest BCUT2D eigenvalue weighted by molar-refractivity contribution is 5.60. The zero-order valence-corrected chi connectivity index (χ0v) is 6.00. The van der Waals surface area contributed by atoms with Gasteiger partial charge in [0.1, 0.15) is 12.7 Å².